The molecule has 7 nitrogen and oxygen atoms in total. The maximum Gasteiger partial charge on any atom is 0.254 e. The lowest BCUT2D eigenvalue weighted by Gasteiger charge is -2.34. The first-order valence-corrected chi connectivity index (χ1v) is 10.2. The van der Waals surface area contributed by atoms with Crippen LogP contribution in [0.4, 0.5) is 8.78 Å². The molecule has 156 valence electrons. The van der Waals surface area contributed by atoms with E-state index in [-0.39, 0.29) is 42.4 Å². The van der Waals surface area contributed by atoms with E-state index >= 15 is 0 Å². The molecule has 1 saturated heterocycles. The zero-order chi connectivity index (χ0) is 21.2. The Bertz CT molecular complexity index is 1000. The van der Waals surface area contributed by atoms with Crippen molar-refractivity contribution in [3.8, 4) is 11.5 Å². The third kappa shape index (κ3) is 4.33. The number of rotatable bonds is 5. The van der Waals surface area contributed by atoms with Crippen molar-refractivity contribution in [1.82, 2.24) is 9.21 Å². The highest BCUT2D eigenvalue weighted by Gasteiger charge is 2.31. The molecule has 29 heavy (non-hydrogen) atoms. The molecule has 0 atom stereocenters. The van der Waals surface area contributed by atoms with Gasteiger partial charge in [0.25, 0.3) is 5.91 Å². The molecule has 1 aliphatic rings. The highest BCUT2D eigenvalue weighted by Crippen LogP contribution is 2.31. The summed E-state index contributed by atoms with van der Waals surface area (Å²) in [5, 5.41) is 0. The Morgan fingerprint density at radius 1 is 0.897 bits per heavy atom. The SMILES string of the molecule is COc1ccc(S(=O)(=O)N2CCN(C(=O)c3cc(F)cc(F)c3)CC2)cc1OC. The lowest BCUT2D eigenvalue weighted by atomic mass is 10.1. The summed E-state index contributed by atoms with van der Waals surface area (Å²) in [4.78, 5) is 13.9. The Balaban J connectivity index is 1.73. The molecule has 1 aliphatic heterocycles. The van der Waals surface area contributed by atoms with Crippen LogP contribution >= 0.6 is 0 Å². The van der Waals surface area contributed by atoms with Crippen LogP contribution in [0, 0.1) is 11.6 Å². The van der Waals surface area contributed by atoms with Gasteiger partial charge in [-0.2, -0.15) is 4.31 Å². The number of ether oxygens (including phenoxy) is 2. The van der Waals surface area contributed by atoms with E-state index < -0.39 is 27.6 Å². The van der Waals surface area contributed by atoms with Crippen LogP contribution in [-0.2, 0) is 10.0 Å². The monoisotopic (exact) mass is 426 g/mol. The highest BCUT2D eigenvalue weighted by atomic mass is 32.2. The van der Waals surface area contributed by atoms with Gasteiger partial charge in [0, 0.05) is 43.9 Å². The minimum Gasteiger partial charge on any atom is -0.493 e. The normalized spacial score (nSPS) is 15.2. The number of sulfonamides is 1. The second-order valence-corrected chi connectivity index (χ2v) is 8.31. The summed E-state index contributed by atoms with van der Waals surface area (Å²) in [7, 11) is -0.945. The van der Waals surface area contributed by atoms with Gasteiger partial charge in [-0.15, -0.1) is 0 Å². The van der Waals surface area contributed by atoms with Crippen LogP contribution in [0.5, 0.6) is 11.5 Å². The van der Waals surface area contributed by atoms with E-state index in [1.165, 1.54) is 41.6 Å². The Kier molecular flexibility index (Phi) is 6.04. The quantitative estimate of drug-likeness (QED) is 0.732. The molecule has 0 bridgehead atoms. The summed E-state index contributed by atoms with van der Waals surface area (Å²) >= 11 is 0. The van der Waals surface area contributed by atoms with E-state index in [9.17, 15) is 22.0 Å². The van der Waals surface area contributed by atoms with Gasteiger partial charge in [0.2, 0.25) is 10.0 Å². The van der Waals surface area contributed by atoms with E-state index in [0.717, 1.165) is 12.1 Å². The molecule has 0 saturated carbocycles. The number of carbonyl (C=O) groups is 1. The first-order chi connectivity index (χ1) is 13.8. The molecular weight excluding hydrogens is 406 g/mol. The molecule has 0 aliphatic carbocycles. The molecule has 2 aromatic rings. The number of benzene rings is 2. The number of hydrogen-bond acceptors (Lipinski definition) is 5. The van der Waals surface area contributed by atoms with Crippen LogP contribution < -0.4 is 9.47 Å². The molecule has 10 heteroatoms. The average molecular weight is 426 g/mol. The molecule has 1 fully saturated rings. The Hall–Kier alpha value is -2.72. The van der Waals surface area contributed by atoms with E-state index in [1.54, 1.807) is 0 Å². The summed E-state index contributed by atoms with van der Waals surface area (Å²) in [6, 6.07) is 6.90. The second-order valence-electron chi connectivity index (χ2n) is 6.37. The number of nitrogens with zero attached hydrogens (tertiary/aromatic N) is 2. The van der Waals surface area contributed by atoms with Crippen molar-refractivity contribution in [2.45, 2.75) is 4.90 Å². The fraction of sp³-hybridized carbons (Fsp3) is 0.316. The largest absolute Gasteiger partial charge is 0.493 e. The van der Waals surface area contributed by atoms with Crippen molar-refractivity contribution in [1.29, 1.82) is 0 Å². The van der Waals surface area contributed by atoms with Crippen LogP contribution in [0.3, 0.4) is 0 Å². The van der Waals surface area contributed by atoms with Crippen molar-refractivity contribution in [2.24, 2.45) is 0 Å². The summed E-state index contributed by atoms with van der Waals surface area (Å²) in [5.74, 6) is -1.54. The van der Waals surface area contributed by atoms with Gasteiger partial charge in [0.05, 0.1) is 19.1 Å². The number of hydrogen-bond donors (Lipinski definition) is 0. The Labute approximate surface area is 167 Å². The summed E-state index contributed by atoms with van der Waals surface area (Å²) in [6.45, 7) is 0.313. The average Bonchev–Trinajstić information content (AvgIpc) is 2.72. The lowest BCUT2D eigenvalue weighted by molar-refractivity contribution is 0.0697. The predicted molar refractivity (Wildman–Crippen MR) is 101 cm³/mol. The highest BCUT2D eigenvalue weighted by molar-refractivity contribution is 7.89. The van der Waals surface area contributed by atoms with Crippen molar-refractivity contribution in [3.63, 3.8) is 0 Å². The number of carbonyl (C=O) groups excluding carboxylic acids is 1. The van der Waals surface area contributed by atoms with Crippen molar-refractivity contribution in [2.75, 3.05) is 40.4 Å². The lowest BCUT2D eigenvalue weighted by Crippen LogP contribution is -2.50. The van der Waals surface area contributed by atoms with Crippen LogP contribution in [0.2, 0.25) is 0 Å². The smallest absolute Gasteiger partial charge is 0.254 e. The maximum atomic E-state index is 13.4. The minimum atomic E-state index is -3.81. The summed E-state index contributed by atoms with van der Waals surface area (Å²) in [6.07, 6.45) is 0. The molecular formula is C19H20F2N2O5S. The second kappa shape index (κ2) is 8.34. The standard InChI is InChI=1S/C19H20F2N2O5S/c1-27-17-4-3-16(12-18(17)28-2)29(25,26)23-7-5-22(6-8-23)19(24)13-9-14(20)11-15(21)10-13/h3-4,9-12H,5-8H2,1-2H3. The minimum absolute atomic E-state index is 0.0436. The number of piperazine rings is 1. The summed E-state index contributed by atoms with van der Waals surface area (Å²) in [5.41, 5.74) is -0.112. The molecule has 0 unspecified atom stereocenters. The third-order valence-corrected chi connectivity index (χ3v) is 6.52. The number of amides is 1. The van der Waals surface area contributed by atoms with Gasteiger partial charge in [-0.25, -0.2) is 17.2 Å². The van der Waals surface area contributed by atoms with Gasteiger partial charge >= 0.3 is 0 Å². The van der Waals surface area contributed by atoms with Gasteiger partial charge in [-0.05, 0) is 24.3 Å². The zero-order valence-electron chi connectivity index (χ0n) is 15.9. The molecule has 1 heterocycles. The predicted octanol–water partition coefficient (Wildman–Crippen LogP) is 2.13. The van der Waals surface area contributed by atoms with Crippen LogP contribution in [-0.4, -0.2) is 63.9 Å². The molecule has 1 amide bonds. The van der Waals surface area contributed by atoms with Crippen molar-refractivity contribution >= 4 is 15.9 Å². The topological polar surface area (TPSA) is 76.2 Å². The zero-order valence-corrected chi connectivity index (χ0v) is 16.7. The van der Waals surface area contributed by atoms with Crippen LogP contribution in [0.15, 0.2) is 41.3 Å². The number of halogens is 2. The number of methoxy groups -OCH3 is 2. The molecule has 0 aromatic heterocycles. The molecule has 0 spiro atoms. The van der Waals surface area contributed by atoms with Gasteiger partial charge in [-0.3, -0.25) is 4.79 Å². The molecule has 0 radical (unpaired) electrons. The first kappa shape index (κ1) is 21.0. The van der Waals surface area contributed by atoms with Crippen LogP contribution in [0.25, 0.3) is 0 Å². The van der Waals surface area contributed by atoms with Crippen molar-refractivity contribution in [3.05, 3.63) is 53.6 Å². The molecule has 2 aromatic carbocycles. The third-order valence-electron chi connectivity index (χ3n) is 4.63. The van der Waals surface area contributed by atoms with Gasteiger partial charge < -0.3 is 14.4 Å². The Morgan fingerprint density at radius 2 is 1.48 bits per heavy atom. The Morgan fingerprint density at radius 3 is 2.03 bits per heavy atom. The van der Waals surface area contributed by atoms with Gasteiger partial charge in [0.1, 0.15) is 11.6 Å². The van der Waals surface area contributed by atoms with E-state index in [1.807, 2.05) is 0 Å². The fourth-order valence-electron chi connectivity index (χ4n) is 3.12. The first-order valence-electron chi connectivity index (χ1n) is 8.74. The fourth-order valence-corrected chi connectivity index (χ4v) is 4.56. The molecule has 3 rings (SSSR count). The van der Waals surface area contributed by atoms with E-state index in [4.69, 9.17) is 9.47 Å². The molecule has 0 N–H and O–H groups in total. The maximum absolute atomic E-state index is 13.4. The van der Waals surface area contributed by atoms with Gasteiger partial charge in [0.15, 0.2) is 11.5 Å². The van der Waals surface area contributed by atoms with E-state index in [2.05, 4.69) is 0 Å². The van der Waals surface area contributed by atoms with E-state index in [0.29, 0.717) is 11.8 Å². The van der Waals surface area contributed by atoms with Crippen molar-refractivity contribution < 1.29 is 31.5 Å². The summed E-state index contributed by atoms with van der Waals surface area (Å²) < 4.78 is 64.1. The van der Waals surface area contributed by atoms with Crippen LogP contribution in [0.1, 0.15) is 10.4 Å². The van der Waals surface area contributed by atoms with Gasteiger partial charge in [-0.1, -0.05) is 0 Å².